The number of hydrogen-bond acceptors (Lipinski definition) is 4. The van der Waals surface area contributed by atoms with Crippen LogP contribution in [0.5, 0.6) is 0 Å². The van der Waals surface area contributed by atoms with E-state index in [-0.39, 0.29) is 37.5 Å². The number of sulfonamides is 1. The molecule has 0 fully saturated rings. The van der Waals surface area contributed by atoms with Crippen LogP contribution in [-0.2, 0) is 26.2 Å². The van der Waals surface area contributed by atoms with Crippen molar-refractivity contribution in [1.82, 2.24) is 10.2 Å². The molecule has 2 aromatic carbocycles. The fraction of sp³-hybridized carbons (Fsp3) is 0.462. The predicted molar refractivity (Wildman–Crippen MR) is 147 cm³/mol. The van der Waals surface area contributed by atoms with Gasteiger partial charge in [0, 0.05) is 47.7 Å². The quantitative estimate of drug-likeness (QED) is 0.292. The van der Waals surface area contributed by atoms with Gasteiger partial charge in [-0.3, -0.25) is 13.9 Å². The molecule has 0 bridgehead atoms. The van der Waals surface area contributed by atoms with Crippen molar-refractivity contribution in [1.29, 1.82) is 0 Å². The van der Waals surface area contributed by atoms with Crippen molar-refractivity contribution in [2.45, 2.75) is 58.5 Å². The van der Waals surface area contributed by atoms with E-state index in [0.29, 0.717) is 28.6 Å². The van der Waals surface area contributed by atoms with E-state index in [2.05, 4.69) is 5.32 Å². The molecule has 2 rings (SSSR count). The van der Waals surface area contributed by atoms with Crippen molar-refractivity contribution >= 4 is 50.7 Å². The molecular weight excluding hydrogens is 559 g/mol. The number of carbonyl (C=O) groups excluding carboxylic acids is 2. The lowest BCUT2D eigenvalue weighted by atomic mass is 10.1. The highest BCUT2D eigenvalue weighted by molar-refractivity contribution is 7.92. The van der Waals surface area contributed by atoms with Crippen LogP contribution in [-0.4, -0.2) is 50.5 Å². The van der Waals surface area contributed by atoms with Crippen LogP contribution in [0.4, 0.5) is 14.5 Å². The fourth-order valence-corrected chi connectivity index (χ4v) is 5.40. The van der Waals surface area contributed by atoms with E-state index in [0.717, 1.165) is 41.6 Å². The Hall–Kier alpha value is -2.43. The monoisotopic (exact) mass is 591 g/mol. The van der Waals surface area contributed by atoms with E-state index >= 15 is 0 Å². The largest absolute Gasteiger partial charge is 0.354 e. The second-order valence-electron chi connectivity index (χ2n) is 8.83. The van der Waals surface area contributed by atoms with Crippen molar-refractivity contribution in [3.63, 3.8) is 0 Å². The lowest BCUT2D eigenvalue weighted by Gasteiger charge is -2.31. The summed E-state index contributed by atoms with van der Waals surface area (Å²) >= 11 is 12.7. The van der Waals surface area contributed by atoms with Crippen LogP contribution < -0.4 is 9.62 Å². The van der Waals surface area contributed by atoms with Crippen molar-refractivity contribution < 1.29 is 26.8 Å². The first-order chi connectivity index (χ1) is 17.9. The molecule has 7 nitrogen and oxygen atoms in total. The summed E-state index contributed by atoms with van der Waals surface area (Å²) in [4.78, 5) is 27.8. The minimum absolute atomic E-state index is 0.0178. The first kappa shape index (κ1) is 31.8. The third-order valence-corrected chi connectivity index (χ3v) is 7.85. The maximum atomic E-state index is 13.8. The molecular formula is C26H33Cl2F2N3O4S. The Morgan fingerprint density at radius 1 is 1.03 bits per heavy atom. The van der Waals surface area contributed by atoms with E-state index in [1.807, 2.05) is 6.92 Å². The second kappa shape index (κ2) is 14.6. The number of anilines is 1. The first-order valence-corrected chi connectivity index (χ1v) is 14.9. The normalized spacial score (nSPS) is 12.2. The van der Waals surface area contributed by atoms with Gasteiger partial charge in [0.1, 0.15) is 6.04 Å². The molecule has 0 spiro atoms. The topological polar surface area (TPSA) is 86.8 Å². The third kappa shape index (κ3) is 8.81. The molecule has 210 valence electrons. The van der Waals surface area contributed by atoms with E-state index in [1.165, 1.54) is 4.90 Å². The van der Waals surface area contributed by atoms with Gasteiger partial charge in [0.2, 0.25) is 21.8 Å². The predicted octanol–water partition coefficient (Wildman–Crippen LogP) is 5.54. The standard InChI is InChI=1S/C26H33Cl2F2N3O4S/c1-4-6-14-31-26(35)24(5-2)32(17-19-20(27)9-7-10-21(19)28)25(34)11-8-15-33(38(3,36)37)18-12-13-22(29)23(30)16-18/h7,9-10,12-13,16,24H,4-6,8,11,14-15,17H2,1-3H3,(H,31,35)/t24-/m0/s1. The number of hydrogen-bond donors (Lipinski definition) is 1. The highest BCUT2D eigenvalue weighted by Crippen LogP contribution is 2.28. The lowest BCUT2D eigenvalue weighted by molar-refractivity contribution is -0.141. The highest BCUT2D eigenvalue weighted by Gasteiger charge is 2.30. The second-order valence-corrected chi connectivity index (χ2v) is 11.5. The Kier molecular flexibility index (Phi) is 12.3. The number of unbranched alkanes of at least 4 members (excludes halogenated alkanes) is 1. The van der Waals surface area contributed by atoms with Gasteiger partial charge < -0.3 is 10.2 Å². The zero-order valence-corrected chi connectivity index (χ0v) is 24.0. The van der Waals surface area contributed by atoms with E-state index in [4.69, 9.17) is 23.2 Å². The summed E-state index contributed by atoms with van der Waals surface area (Å²) in [5.41, 5.74) is 0.434. The smallest absolute Gasteiger partial charge is 0.242 e. The van der Waals surface area contributed by atoms with Crippen molar-refractivity contribution in [3.8, 4) is 0 Å². The zero-order valence-electron chi connectivity index (χ0n) is 21.6. The zero-order chi connectivity index (χ0) is 28.5. The average Bonchev–Trinajstić information content (AvgIpc) is 2.84. The summed E-state index contributed by atoms with van der Waals surface area (Å²) in [7, 11) is -3.85. The number of carbonyl (C=O) groups is 2. The molecule has 1 N–H and O–H groups in total. The fourth-order valence-electron chi connectivity index (χ4n) is 3.92. The van der Waals surface area contributed by atoms with Gasteiger partial charge in [0.25, 0.3) is 0 Å². The summed E-state index contributed by atoms with van der Waals surface area (Å²) in [5.74, 6) is -3.00. The van der Waals surface area contributed by atoms with E-state index < -0.39 is 33.6 Å². The Balaban J connectivity index is 2.27. The van der Waals surface area contributed by atoms with Crippen LogP contribution in [0.15, 0.2) is 36.4 Å². The third-order valence-electron chi connectivity index (χ3n) is 5.95. The molecule has 0 saturated carbocycles. The minimum Gasteiger partial charge on any atom is -0.354 e. The minimum atomic E-state index is -3.85. The molecule has 0 unspecified atom stereocenters. The Labute approximate surface area is 233 Å². The van der Waals surface area contributed by atoms with Gasteiger partial charge in [-0.15, -0.1) is 0 Å². The van der Waals surface area contributed by atoms with E-state index in [1.54, 1.807) is 25.1 Å². The van der Waals surface area contributed by atoms with Gasteiger partial charge in [-0.2, -0.15) is 0 Å². The van der Waals surface area contributed by atoms with Crippen LogP contribution in [0.2, 0.25) is 10.0 Å². The summed E-state index contributed by atoms with van der Waals surface area (Å²) in [6.45, 7) is 4.08. The van der Waals surface area contributed by atoms with Crippen LogP contribution in [0.25, 0.3) is 0 Å². The molecule has 0 aliphatic carbocycles. The van der Waals surface area contributed by atoms with Gasteiger partial charge in [0.15, 0.2) is 11.6 Å². The molecule has 0 radical (unpaired) electrons. The number of benzene rings is 2. The molecule has 0 aliphatic heterocycles. The van der Waals surface area contributed by atoms with Gasteiger partial charge >= 0.3 is 0 Å². The maximum Gasteiger partial charge on any atom is 0.242 e. The highest BCUT2D eigenvalue weighted by atomic mass is 35.5. The number of rotatable bonds is 14. The van der Waals surface area contributed by atoms with Crippen molar-refractivity contribution in [2.75, 3.05) is 23.7 Å². The number of amides is 2. The molecule has 0 aromatic heterocycles. The summed E-state index contributed by atoms with van der Waals surface area (Å²) in [6, 6.07) is 6.93. The summed E-state index contributed by atoms with van der Waals surface area (Å²) in [5, 5.41) is 3.55. The van der Waals surface area contributed by atoms with Crippen molar-refractivity contribution in [3.05, 3.63) is 63.6 Å². The Bertz CT molecular complexity index is 1210. The molecule has 12 heteroatoms. The molecule has 0 aliphatic rings. The van der Waals surface area contributed by atoms with E-state index in [9.17, 15) is 26.8 Å². The van der Waals surface area contributed by atoms with Crippen LogP contribution in [0.1, 0.15) is 51.5 Å². The molecule has 2 amide bonds. The maximum absolute atomic E-state index is 13.8. The SMILES string of the molecule is CCCCNC(=O)[C@H](CC)N(Cc1c(Cl)cccc1Cl)C(=O)CCCN(c1ccc(F)c(F)c1)S(C)(=O)=O. The van der Waals surface area contributed by atoms with Crippen molar-refractivity contribution in [2.24, 2.45) is 0 Å². The molecule has 38 heavy (non-hydrogen) atoms. The van der Waals surface area contributed by atoms with Crippen LogP contribution >= 0.6 is 23.2 Å². The van der Waals surface area contributed by atoms with Gasteiger partial charge in [0.05, 0.1) is 11.9 Å². The summed E-state index contributed by atoms with van der Waals surface area (Å²) in [6.07, 6.45) is 2.90. The number of nitrogens with zero attached hydrogens (tertiary/aromatic N) is 2. The van der Waals surface area contributed by atoms with Gasteiger partial charge in [-0.25, -0.2) is 17.2 Å². The lowest BCUT2D eigenvalue weighted by Crippen LogP contribution is -2.49. The number of nitrogens with one attached hydrogen (secondary N) is 1. The number of halogens is 4. The van der Waals surface area contributed by atoms with Crippen LogP contribution in [0.3, 0.4) is 0 Å². The van der Waals surface area contributed by atoms with Gasteiger partial charge in [-0.1, -0.05) is 49.5 Å². The Morgan fingerprint density at radius 3 is 2.24 bits per heavy atom. The molecule has 0 saturated heterocycles. The summed E-state index contributed by atoms with van der Waals surface area (Å²) < 4.78 is 52.7. The first-order valence-electron chi connectivity index (χ1n) is 12.3. The molecule has 0 heterocycles. The Morgan fingerprint density at radius 2 is 1.68 bits per heavy atom. The van der Waals surface area contributed by atoms with Crippen LogP contribution in [0, 0.1) is 11.6 Å². The van der Waals surface area contributed by atoms with Gasteiger partial charge in [-0.05, 0) is 43.5 Å². The molecule has 2 aromatic rings. The average molecular weight is 593 g/mol. The molecule has 1 atom stereocenters.